The zero-order valence-corrected chi connectivity index (χ0v) is 18.8. The van der Waals surface area contributed by atoms with Crippen LogP contribution in [0.3, 0.4) is 0 Å². The molecule has 31 heavy (non-hydrogen) atoms. The molecule has 2 aromatic carbocycles. The Balaban J connectivity index is 1.23. The lowest BCUT2D eigenvalue weighted by molar-refractivity contribution is -0.121. The van der Waals surface area contributed by atoms with Crippen molar-refractivity contribution in [2.75, 3.05) is 18.0 Å². The second-order valence-corrected chi connectivity index (χ2v) is 9.03. The van der Waals surface area contributed by atoms with Crippen molar-refractivity contribution in [1.29, 1.82) is 0 Å². The van der Waals surface area contributed by atoms with Crippen molar-refractivity contribution in [3.8, 4) is 0 Å². The first-order valence-corrected chi connectivity index (χ1v) is 11.7. The molecule has 4 rings (SSSR count). The summed E-state index contributed by atoms with van der Waals surface area (Å²) in [4.78, 5) is 21.5. The number of para-hydroxylation sites is 2. The van der Waals surface area contributed by atoms with Crippen LogP contribution in [0, 0.1) is 0 Å². The summed E-state index contributed by atoms with van der Waals surface area (Å²) in [7, 11) is 0. The van der Waals surface area contributed by atoms with Crippen LogP contribution >= 0.6 is 11.8 Å². The fourth-order valence-corrected chi connectivity index (χ4v) is 4.68. The average molecular weight is 437 g/mol. The molecular weight excluding hydrogens is 408 g/mol. The van der Waals surface area contributed by atoms with Crippen LogP contribution in [0.15, 0.2) is 62.8 Å². The molecule has 1 N–H and O–H groups in total. The van der Waals surface area contributed by atoms with Crippen LogP contribution in [-0.4, -0.2) is 29.1 Å². The largest absolute Gasteiger partial charge is 0.356 e. The topological polar surface area (TPSA) is 71.3 Å². The van der Waals surface area contributed by atoms with E-state index >= 15 is 0 Å². The molecule has 7 heteroatoms. The summed E-state index contributed by atoms with van der Waals surface area (Å²) < 4.78 is 5.23. The van der Waals surface area contributed by atoms with Gasteiger partial charge in [-0.1, -0.05) is 55.0 Å². The van der Waals surface area contributed by atoms with Gasteiger partial charge in [-0.05, 0) is 37.1 Å². The number of nitrogens with one attached hydrogen (secondary N) is 1. The summed E-state index contributed by atoms with van der Waals surface area (Å²) in [6, 6.07) is 17.0. The van der Waals surface area contributed by atoms with E-state index in [1.54, 1.807) is 0 Å². The van der Waals surface area contributed by atoms with E-state index in [0.717, 1.165) is 18.8 Å². The Morgan fingerprint density at radius 1 is 1.06 bits per heavy atom. The first kappa shape index (κ1) is 21.4. The van der Waals surface area contributed by atoms with Crippen molar-refractivity contribution in [3.63, 3.8) is 0 Å². The van der Waals surface area contributed by atoms with Crippen molar-refractivity contribution in [2.24, 2.45) is 0 Å². The molecule has 0 saturated heterocycles. The minimum atomic E-state index is 0.0681. The number of aromatic nitrogens is 2. The Bertz CT molecular complexity index is 988. The number of carbonyl (C=O) groups excluding carboxylic acids is 1. The van der Waals surface area contributed by atoms with Gasteiger partial charge in [0, 0.05) is 41.6 Å². The minimum Gasteiger partial charge on any atom is -0.356 e. The molecule has 0 bridgehead atoms. The van der Waals surface area contributed by atoms with Crippen LogP contribution in [-0.2, 0) is 11.2 Å². The molecule has 162 valence electrons. The van der Waals surface area contributed by atoms with Crippen LogP contribution in [0.2, 0.25) is 0 Å². The van der Waals surface area contributed by atoms with Gasteiger partial charge in [-0.3, -0.25) is 4.79 Å². The SMILES string of the molecule is CC(C)c1noc(CCCC(=O)NCCCN2c3ccccc3Sc3ccccc32)n1. The Labute approximate surface area is 187 Å². The predicted molar refractivity (Wildman–Crippen MR) is 123 cm³/mol. The predicted octanol–water partition coefficient (Wildman–Crippen LogP) is 5.32. The van der Waals surface area contributed by atoms with Crippen LogP contribution in [0.5, 0.6) is 0 Å². The number of nitrogens with zero attached hydrogens (tertiary/aromatic N) is 3. The zero-order chi connectivity index (χ0) is 21.6. The van der Waals surface area contributed by atoms with E-state index in [2.05, 4.69) is 68.9 Å². The van der Waals surface area contributed by atoms with Crippen molar-refractivity contribution in [1.82, 2.24) is 15.5 Å². The van der Waals surface area contributed by atoms with E-state index in [4.69, 9.17) is 4.52 Å². The number of rotatable bonds is 9. The molecule has 6 nitrogen and oxygen atoms in total. The van der Waals surface area contributed by atoms with E-state index in [1.165, 1.54) is 21.2 Å². The zero-order valence-electron chi connectivity index (χ0n) is 18.0. The molecule has 1 aromatic heterocycles. The third-order valence-electron chi connectivity index (χ3n) is 5.21. The van der Waals surface area contributed by atoms with Crippen LogP contribution < -0.4 is 10.2 Å². The lowest BCUT2D eigenvalue weighted by Crippen LogP contribution is -2.28. The van der Waals surface area contributed by atoms with E-state index < -0.39 is 0 Å². The molecule has 1 amide bonds. The van der Waals surface area contributed by atoms with Gasteiger partial charge >= 0.3 is 0 Å². The number of hydrogen-bond acceptors (Lipinski definition) is 6. The second kappa shape index (κ2) is 10.0. The molecule has 0 aliphatic carbocycles. The number of aryl methyl sites for hydroxylation is 1. The molecule has 0 spiro atoms. The Kier molecular flexibility index (Phi) is 6.92. The number of hydrogen-bond donors (Lipinski definition) is 1. The highest BCUT2D eigenvalue weighted by molar-refractivity contribution is 7.99. The monoisotopic (exact) mass is 436 g/mol. The van der Waals surface area contributed by atoms with Gasteiger partial charge in [0.2, 0.25) is 11.8 Å². The maximum Gasteiger partial charge on any atom is 0.226 e. The van der Waals surface area contributed by atoms with E-state index in [0.29, 0.717) is 31.7 Å². The van der Waals surface area contributed by atoms with E-state index in [-0.39, 0.29) is 11.8 Å². The van der Waals surface area contributed by atoms with Crippen molar-refractivity contribution < 1.29 is 9.32 Å². The highest BCUT2D eigenvalue weighted by Crippen LogP contribution is 2.47. The molecule has 0 radical (unpaired) electrons. The number of amides is 1. The van der Waals surface area contributed by atoms with Gasteiger partial charge < -0.3 is 14.7 Å². The van der Waals surface area contributed by atoms with Gasteiger partial charge in [0.25, 0.3) is 0 Å². The van der Waals surface area contributed by atoms with Crippen molar-refractivity contribution in [2.45, 2.75) is 55.2 Å². The van der Waals surface area contributed by atoms with Gasteiger partial charge in [-0.2, -0.15) is 4.98 Å². The van der Waals surface area contributed by atoms with Crippen LogP contribution in [0.1, 0.15) is 50.7 Å². The smallest absolute Gasteiger partial charge is 0.226 e. The third-order valence-corrected chi connectivity index (χ3v) is 6.34. The van der Waals surface area contributed by atoms with Crippen molar-refractivity contribution >= 4 is 29.0 Å². The summed E-state index contributed by atoms with van der Waals surface area (Å²) >= 11 is 1.81. The Hall–Kier alpha value is -2.80. The highest BCUT2D eigenvalue weighted by Gasteiger charge is 2.22. The lowest BCUT2D eigenvalue weighted by Gasteiger charge is -2.32. The quantitative estimate of drug-likeness (QED) is 0.458. The maximum absolute atomic E-state index is 12.2. The van der Waals surface area contributed by atoms with E-state index in [9.17, 15) is 4.79 Å². The normalized spacial score (nSPS) is 12.5. The van der Waals surface area contributed by atoms with Gasteiger partial charge in [-0.15, -0.1) is 0 Å². The lowest BCUT2D eigenvalue weighted by atomic mass is 10.2. The molecule has 2 heterocycles. The van der Waals surface area contributed by atoms with Gasteiger partial charge in [0.1, 0.15) is 0 Å². The van der Waals surface area contributed by atoms with Gasteiger partial charge in [-0.25, -0.2) is 0 Å². The first-order valence-electron chi connectivity index (χ1n) is 10.8. The van der Waals surface area contributed by atoms with Crippen molar-refractivity contribution in [3.05, 3.63) is 60.2 Å². The molecular formula is C24H28N4O2S. The molecule has 0 saturated carbocycles. The van der Waals surface area contributed by atoms with Crippen LogP contribution in [0.4, 0.5) is 11.4 Å². The number of carbonyl (C=O) groups is 1. The summed E-state index contributed by atoms with van der Waals surface area (Å²) in [5.74, 6) is 1.65. The highest BCUT2D eigenvalue weighted by atomic mass is 32.2. The third kappa shape index (κ3) is 5.28. The summed E-state index contributed by atoms with van der Waals surface area (Å²) in [6.07, 6.45) is 2.67. The average Bonchev–Trinajstić information content (AvgIpc) is 3.25. The standard InChI is InChI=1S/C24H28N4O2S/c1-17(2)24-26-23(30-27-24)14-7-13-22(29)25-15-8-16-28-18-9-3-5-11-20(18)31-21-12-6-4-10-19(21)28/h3-6,9-12,17H,7-8,13-16H2,1-2H3,(H,25,29). The van der Waals surface area contributed by atoms with E-state index in [1.807, 2.05) is 25.6 Å². The van der Waals surface area contributed by atoms with Gasteiger partial charge in [0.05, 0.1) is 11.4 Å². The van der Waals surface area contributed by atoms with Gasteiger partial charge in [0.15, 0.2) is 5.82 Å². The summed E-state index contributed by atoms with van der Waals surface area (Å²) in [6.45, 7) is 5.57. The fourth-order valence-electron chi connectivity index (χ4n) is 3.58. The number of fused-ring (bicyclic) bond motifs is 2. The summed E-state index contributed by atoms with van der Waals surface area (Å²) in [5, 5.41) is 7.00. The Morgan fingerprint density at radius 2 is 1.74 bits per heavy atom. The second-order valence-electron chi connectivity index (χ2n) is 7.95. The minimum absolute atomic E-state index is 0.0681. The summed E-state index contributed by atoms with van der Waals surface area (Å²) in [5.41, 5.74) is 2.47. The molecule has 0 unspecified atom stereocenters. The first-order chi connectivity index (χ1) is 15.1. The number of benzene rings is 2. The molecule has 1 aliphatic heterocycles. The molecule has 3 aromatic rings. The molecule has 0 fully saturated rings. The number of anilines is 2. The Morgan fingerprint density at radius 3 is 2.39 bits per heavy atom. The fraction of sp³-hybridized carbons (Fsp3) is 0.375. The van der Waals surface area contributed by atoms with Crippen LogP contribution in [0.25, 0.3) is 0 Å². The molecule has 1 aliphatic rings. The maximum atomic E-state index is 12.2. The molecule has 0 atom stereocenters.